The van der Waals surface area contributed by atoms with Gasteiger partial charge in [-0.2, -0.15) is 0 Å². The van der Waals surface area contributed by atoms with Gasteiger partial charge in [0.1, 0.15) is 0 Å². The molecule has 0 saturated carbocycles. The van der Waals surface area contributed by atoms with Gasteiger partial charge in [-0.1, -0.05) is 42.0 Å². The summed E-state index contributed by atoms with van der Waals surface area (Å²) in [6.45, 7) is 4.98. The van der Waals surface area contributed by atoms with E-state index in [9.17, 15) is 4.79 Å². The lowest BCUT2D eigenvalue weighted by molar-refractivity contribution is 0.112. The monoisotopic (exact) mass is 277 g/mol. The van der Waals surface area contributed by atoms with Crippen LogP contribution >= 0.6 is 0 Å². The van der Waals surface area contributed by atoms with E-state index in [2.05, 4.69) is 54.0 Å². The van der Waals surface area contributed by atoms with Crippen LogP contribution in [0.5, 0.6) is 0 Å². The number of hydrogen-bond acceptors (Lipinski definition) is 1. The summed E-state index contributed by atoms with van der Waals surface area (Å²) >= 11 is 0. The van der Waals surface area contributed by atoms with Crippen LogP contribution in [0.4, 0.5) is 0 Å². The van der Waals surface area contributed by atoms with Gasteiger partial charge >= 0.3 is 0 Å². The Morgan fingerprint density at radius 3 is 2.52 bits per heavy atom. The molecular formula is C19H19NO. The molecule has 0 radical (unpaired) electrons. The number of rotatable bonds is 4. The highest BCUT2D eigenvalue weighted by Gasteiger charge is 2.13. The Bertz CT molecular complexity index is 784. The van der Waals surface area contributed by atoms with Crippen molar-refractivity contribution in [2.24, 2.45) is 0 Å². The van der Waals surface area contributed by atoms with Crippen LogP contribution < -0.4 is 0 Å². The van der Waals surface area contributed by atoms with E-state index in [0.29, 0.717) is 0 Å². The number of aldehydes is 1. The quantitative estimate of drug-likeness (QED) is 0.651. The molecule has 0 fully saturated rings. The van der Waals surface area contributed by atoms with Gasteiger partial charge in [-0.3, -0.25) is 4.79 Å². The van der Waals surface area contributed by atoms with Crippen LogP contribution in [0.2, 0.25) is 0 Å². The fourth-order valence-electron chi connectivity index (χ4n) is 2.94. The minimum atomic E-state index is 0.821. The lowest BCUT2D eigenvalue weighted by Gasteiger charge is -2.08. The summed E-state index contributed by atoms with van der Waals surface area (Å²) in [5.74, 6) is 0. The molecule has 0 bridgehead atoms. The standard InChI is InChI=1S/C19H19NO/c1-14-8-9-19-17(12-14)18(13-21)15(2)20(19)11-10-16-6-4-3-5-7-16/h3-9,12-13H,10-11H2,1-2H3. The van der Waals surface area contributed by atoms with Crippen molar-refractivity contribution in [3.63, 3.8) is 0 Å². The number of fused-ring (bicyclic) bond motifs is 1. The third-order valence-electron chi connectivity index (χ3n) is 4.11. The highest BCUT2D eigenvalue weighted by atomic mass is 16.1. The first-order valence-corrected chi connectivity index (χ1v) is 7.29. The molecule has 0 aliphatic heterocycles. The van der Waals surface area contributed by atoms with Crippen LogP contribution in [0, 0.1) is 13.8 Å². The zero-order chi connectivity index (χ0) is 14.8. The maximum atomic E-state index is 11.4. The lowest BCUT2D eigenvalue weighted by atomic mass is 10.1. The minimum absolute atomic E-state index is 0.821. The molecule has 1 heterocycles. The van der Waals surface area contributed by atoms with Crippen LogP contribution in [0.15, 0.2) is 48.5 Å². The van der Waals surface area contributed by atoms with E-state index in [-0.39, 0.29) is 0 Å². The van der Waals surface area contributed by atoms with E-state index in [1.807, 2.05) is 13.0 Å². The summed E-state index contributed by atoms with van der Waals surface area (Å²) in [5.41, 5.74) is 5.53. The molecule has 0 atom stereocenters. The maximum Gasteiger partial charge on any atom is 0.152 e. The molecule has 3 aromatic rings. The molecule has 0 spiro atoms. The molecule has 0 unspecified atom stereocenters. The van der Waals surface area contributed by atoms with Crippen molar-refractivity contribution in [1.29, 1.82) is 0 Å². The highest BCUT2D eigenvalue weighted by molar-refractivity contribution is 5.99. The predicted octanol–water partition coefficient (Wildman–Crippen LogP) is 4.31. The second kappa shape index (κ2) is 5.57. The maximum absolute atomic E-state index is 11.4. The Labute approximate surface area is 125 Å². The zero-order valence-electron chi connectivity index (χ0n) is 12.5. The van der Waals surface area contributed by atoms with Gasteiger partial charge < -0.3 is 4.57 Å². The summed E-state index contributed by atoms with van der Waals surface area (Å²) in [6.07, 6.45) is 1.95. The summed E-state index contributed by atoms with van der Waals surface area (Å²) in [5, 5.41) is 1.07. The number of aryl methyl sites for hydroxylation is 3. The fraction of sp³-hybridized carbons (Fsp3) is 0.211. The minimum Gasteiger partial charge on any atom is -0.344 e. The van der Waals surface area contributed by atoms with Crippen LogP contribution in [0.3, 0.4) is 0 Å². The van der Waals surface area contributed by atoms with Gasteiger partial charge in [0, 0.05) is 28.7 Å². The molecule has 106 valence electrons. The highest BCUT2D eigenvalue weighted by Crippen LogP contribution is 2.26. The SMILES string of the molecule is Cc1ccc2c(c1)c(C=O)c(C)n2CCc1ccccc1. The van der Waals surface area contributed by atoms with Crippen molar-refractivity contribution in [2.75, 3.05) is 0 Å². The molecule has 1 aromatic heterocycles. The molecule has 0 saturated heterocycles. The topological polar surface area (TPSA) is 22.0 Å². The van der Waals surface area contributed by atoms with Crippen molar-refractivity contribution in [1.82, 2.24) is 4.57 Å². The molecule has 0 amide bonds. The van der Waals surface area contributed by atoms with Crippen molar-refractivity contribution >= 4 is 17.2 Å². The van der Waals surface area contributed by atoms with Crippen molar-refractivity contribution < 1.29 is 4.79 Å². The number of benzene rings is 2. The van der Waals surface area contributed by atoms with Crippen molar-refractivity contribution in [3.05, 3.63) is 70.9 Å². The molecule has 0 aliphatic carbocycles. The first-order chi connectivity index (χ1) is 10.2. The lowest BCUT2D eigenvalue weighted by Crippen LogP contribution is -2.03. The van der Waals surface area contributed by atoms with E-state index >= 15 is 0 Å². The molecule has 2 nitrogen and oxygen atoms in total. The number of carbonyl (C=O) groups excluding carboxylic acids is 1. The molecule has 3 rings (SSSR count). The molecule has 0 aliphatic rings. The van der Waals surface area contributed by atoms with Gasteiger partial charge in [-0.15, -0.1) is 0 Å². The van der Waals surface area contributed by atoms with Crippen LogP contribution in [0.25, 0.3) is 10.9 Å². The number of carbonyl (C=O) groups is 1. The van der Waals surface area contributed by atoms with E-state index in [1.165, 1.54) is 11.1 Å². The van der Waals surface area contributed by atoms with E-state index < -0.39 is 0 Å². The number of aromatic nitrogens is 1. The fourth-order valence-corrected chi connectivity index (χ4v) is 2.94. The van der Waals surface area contributed by atoms with E-state index in [4.69, 9.17) is 0 Å². The normalized spacial score (nSPS) is 11.0. The number of hydrogen-bond donors (Lipinski definition) is 0. The average molecular weight is 277 g/mol. The van der Waals surface area contributed by atoms with E-state index in [0.717, 1.165) is 41.4 Å². The average Bonchev–Trinajstić information content (AvgIpc) is 2.76. The smallest absolute Gasteiger partial charge is 0.152 e. The molecule has 0 N–H and O–H groups in total. The molecule has 21 heavy (non-hydrogen) atoms. The largest absolute Gasteiger partial charge is 0.344 e. The third-order valence-corrected chi connectivity index (χ3v) is 4.11. The zero-order valence-corrected chi connectivity index (χ0v) is 12.5. The van der Waals surface area contributed by atoms with Crippen molar-refractivity contribution in [3.8, 4) is 0 Å². The van der Waals surface area contributed by atoms with Gasteiger partial charge in [0.25, 0.3) is 0 Å². The number of nitrogens with zero attached hydrogens (tertiary/aromatic N) is 1. The van der Waals surface area contributed by atoms with E-state index in [1.54, 1.807) is 0 Å². The molecule has 2 aromatic carbocycles. The van der Waals surface area contributed by atoms with Crippen LogP contribution in [-0.4, -0.2) is 10.9 Å². The second-order valence-corrected chi connectivity index (χ2v) is 5.52. The molecule has 2 heteroatoms. The Kier molecular flexibility index (Phi) is 3.61. The second-order valence-electron chi connectivity index (χ2n) is 5.52. The predicted molar refractivity (Wildman–Crippen MR) is 86.9 cm³/mol. The summed E-state index contributed by atoms with van der Waals surface area (Å²) < 4.78 is 2.26. The first-order valence-electron chi connectivity index (χ1n) is 7.29. The van der Waals surface area contributed by atoms with Gasteiger partial charge in [0.15, 0.2) is 6.29 Å². The third kappa shape index (κ3) is 2.49. The first kappa shape index (κ1) is 13.6. The summed E-state index contributed by atoms with van der Waals surface area (Å²) in [7, 11) is 0. The summed E-state index contributed by atoms with van der Waals surface area (Å²) in [4.78, 5) is 11.4. The van der Waals surface area contributed by atoms with Gasteiger partial charge in [-0.05, 0) is 38.0 Å². The van der Waals surface area contributed by atoms with Gasteiger partial charge in [-0.25, -0.2) is 0 Å². The van der Waals surface area contributed by atoms with Gasteiger partial charge in [0.2, 0.25) is 0 Å². The Morgan fingerprint density at radius 1 is 1.05 bits per heavy atom. The van der Waals surface area contributed by atoms with Crippen LogP contribution in [-0.2, 0) is 13.0 Å². The Hall–Kier alpha value is -2.35. The van der Waals surface area contributed by atoms with Gasteiger partial charge in [0.05, 0.1) is 0 Å². The van der Waals surface area contributed by atoms with Crippen molar-refractivity contribution in [2.45, 2.75) is 26.8 Å². The Morgan fingerprint density at radius 2 is 1.81 bits per heavy atom. The Balaban J connectivity index is 2.02. The molecular weight excluding hydrogens is 258 g/mol. The summed E-state index contributed by atoms with van der Waals surface area (Å²) in [6, 6.07) is 16.8. The van der Waals surface area contributed by atoms with Crippen LogP contribution in [0.1, 0.15) is 27.2 Å².